The SMILES string of the molecule is CCCc1nnc(N2CC(CS(N)(=O)=O)CC2=O)s1. The molecule has 0 saturated carbocycles. The molecule has 1 aromatic rings. The number of nitrogens with zero attached hydrogens (tertiary/aromatic N) is 3. The largest absolute Gasteiger partial charge is 0.286 e. The van der Waals surface area contributed by atoms with Crippen LogP contribution in [0.15, 0.2) is 0 Å². The molecule has 0 aromatic carbocycles. The van der Waals surface area contributed by atoms with Crippen LogP contribution < -0.4 is 10.0 Å². The van der Waals surface area contributed by atoms with E-state index in [-0.39, 0.29) is 24.0 Å². The summed E-state index contributed by atoms with van der Waals surface area (Å²) in [7, 11) is -3.55. The number of anilines is 1. The summed E-state index contributed by atoms with van der Waals surface area (Å²) in [5, 5.41) is 14.4. The number of sulfonamides is 1. The Kier molecular flexibility index (Phi) is 4.16. The standard InChI is InChI=1S/C10H16N4O3S2/c1-2-3-8-12-13-10(18-8)14-5-7(4-9(14)15)6-19(11,16)17/h7H,2-6H2,1H3,(H2,11,16,17). The van der Waals surface area contributed by atoms with Crippen LogP contribution in [0.1, 0.15) is 24.8 Å². The van der Waals surface area contributed by atoms with Crippen molar-refractivity contribution in [3.05, 3.63) is 5.01 Å². The van der Waals surface area contributed by atoms with E-state index in [1.807, 2.05) is 6.92 Å². The van der Waals surface area contributed by atoms with Crippen LogP contribution in [0.25, 0.3) is 0 Å². The van der Waals surface area contributed by atoms with Gasteiger partial charge in [-0.1, -0.05) is 18.3 Å². The van der Waals surface area contributed by atoms with Gasteiger partial charge in [0, 0.05) is 25.3 Å². The van der Waals surface area contributed by atoms with Gasteiger partial charge in [0.15, 0.2) is 0 Å². The first-order chi connectivity index (χ1) is 8.89. The van der Waals surface area contributed by atoms with Gasteiger partial charge >= 0.3 is 0 Å². The first kappa shape index (κ1) is 14.4. The Morgan fingerprint density at radius 2 is 2.21 bits per heavy atom. The molecule has 2 rings (SSSR count). The number of rotatable bonds is 5. The Bertz CT molecular complexity index is 569. The van der Waals surface area contributed by atoms with Crippen LogP contribution in [-0.4, -0.2) is 36.8 Å². The lowest BCUT2D eigenvalue weighted by atomic mass is 10.1. The summed E-state index contributed by atoms with van der Waals surface area (Å²) < 4.78 is 22.1. The summed E-state index contributed by atoms with van der Waals surface area (Å²) in [6.07, 6.45) is 2.00. The zero-order chi connectivity index (χ0) is 14.0. The maximum Gasteiger partial charge on any atom is 0.229 e. The van der Waals surface area contributed by atoms with Crippen LogP contribution in [0.4, 0.5) is 5.13 Å². The maximum atomic E-state index is 11.9. The monoisotopic (exact) mass is 304 g/mol. The number of hydrogen-bond acceptors (Lipinski definition) is 6. The Labute approximate surface area is 115 Å². The van der Waals surface area contributed by atoms with E-state index in [9.17, 15) is 13.2 Å². The summed E-state index contributed by atoms with van der Waals surface area (Å²) in [5.74, 6) is -0.551. The first-order valence-corrected chi connectivity index (χ1v) is 8.55. The van der Waals surface area contributed by atoms with Crippen molar-refractivity contribution in [2.75, 3.05) is 17.2 Å². The predicted molar refractivity (Wildman–Crippen MR) is 72.3 cm³/mol. The van der Waals surface area contributed by atoms with Crippen LogP contribution in [0.2, 0.25) is 0 Å². The average Bonchev–Trinajstić information content (AvgIpc) is 2.84. The third-order valence-electron chi connectivity index (χ3n) is 2.82. The van der Waals surface area contributed by atoms with Crippen molar-refractivity contribution < 1.29 is 13.2 Å². The second kappa shape index (κ2) is 5.51. The zero-order valence-corrected chi connectivity index (χ0v) is 12.2. The molecule has 0 bridgehead atoms. The van der Waals surface area contributed by atoms with E-state index in [0.29, 0.717) is 11.7 Å². The van der Waals surface area contributed by atoms with Crippen molar-refractivity contribution >= 4 is 32.4 Å². The molecular weight excluding hydrogens is 288 g/mol. The van der Waals surface area contributed by atoms with E-state index in [1.54, 1.807) is 0 Å². The minimum Gasteiger partial charge on any atom is -0.286 e. The molecule has 1 amide bonds. The van der Waals surface area contributed by atoms with Crippen LogP contribution >= 0.6 is 11.3 Å². The van der Waals surface area contributed by atoms with Crippen LogP contribution in [0.5, 0.6) is 0 Å². The van der Waals surface area contributed by atoms with E-state index in [1.165, 1.54) is 16.2 Å². The number of primary sulfonamides is 1. The number of carbonyl (C=O) groups is 1. The van der Waals surface area contributed by atoms with Gasteiger partial charge in [-0.15, -0.1) is 10.2 Å². The van der Waals surface area contributed by atoms with Crippen molar-refractivity contribution in [3.8, 4) is 0 Å². The molecule has 1 aliphatic heterocycles. The fourth-order valence-electron chi connectivity index (χ4n) is 2.08. The molecule has 0 aliphatic carbocycles. The van der Waals surface area contributed by atoms with E-state index >= 15 is 0 Å². The van der Waals surface area contributed by atoms with Crippen molar-refractivity contribution in [1.82, 2.24) is 10.2 Å². The summed E-state index contributed by atoms with van der Waals surface area (Å²) >= 11 is 1.38. The Morgan fingerprint density at radius 3 is 2.84 bits per heavy atom. The molecule has 1 saturated heterocycles. The molecule has 7 nitrogen and oxygen atoms in total. The zero-order valence-electron chi connectivity index (χ0n) is 10.6. The number of aryl methyl sites for hydroxylation is 1. The molecule has 1 fully saturated rings. The molecule has 2 N–H and O–H groups in total. The number of carbonyl (C=O) groups excluding carboxylic acids is 1. The van der Waals surface area contributed by atoms with Gasteiger partial charge in [-0.3, -0.25) is 9.69 Å². The lowest BCUT2D eigenvalue weighted by molar-refractivity contribution is -0.117. The molecule has 19 heavy (non-hydrogen) atoms. The smallest absolute Gasteiger partial charge is 0.229 e. The lowest BCUT2D eigenvalue weighted by Gasteiger charge is -2.11. The molecule has 1 aliphatic rings. The maximum absolute atomic E-state index is 11.9. The van der Waals surface area contributed by atoms with E-state index in [4.69, 9.17) is 5.14 Å². The van der Waals surface area contributed by atoms with Crippen molar-refractivity contribution in [1.29, 1.82) is 0 Å². The highest BCUT2D eigenvalue weighted by Crippen LogP contribution is 2.28. The van der Waals surface area contributed by atoms with Crippen LogP contribution in [0, 0.1) is 5.92 Å². The minimum atomic E-state index is -3.55. The highest BCUT2D eigenvalue weighted by molar-refractivity contribution is 7.89. The second-order valence-corrected chi connectivity index (χ2v) is 7.33. The van der Waals surface area contributed by atoms with Gasteiger partial charge in [0.05, 0.1) is 5.75 Å². The van der Waals surface area contributed by atoms with E-state index in [2.05, 4.69) is 10.2 Å². The van der Waals surface area contributed by atoms with Crippen molar-refractivity contribution in [2.45, 2.75) is 26.2 Å². The Morgan fingerprint density at radius 1 is 1.47 bits per heavy atom. The number of aromatic nitrogens is 2. The third-order valence-corrected chi connectivity index (χ3v) is 4.77. The quantitative estimate of drug-likeness (QED) is 0.832. The number of nitrogens with two attached hydrogens (primary N) is 1. The van der Waals surface area contributed by atoms with E-state index < -0.39 is 10.0 Å². The lowest BCUT2D eigenvalue weighted by Crippen LogP contribution is -2.27. The Hall–Kier alpha value is -1.06. The fourth-order valence-corrected chi connectivity index (χ4v) is 3.92. The summed E-state index contributed by atoms with van der Waals surface area (Å²) in [5.41, 5.74) is 0. The van der Waals surface area contributed by atoms with Gasteiger partial charge in [-0.05, 0) is 6.42 Å². The van der Waals surface area contributed by atoms with Crippen molar-refractivity contribution in [2.24, 2.45) is 11.1 Å². The van der Waals surface area contributed by atoms with Gasteiger partial charge in [0.1, 0.15) is 5.01 Å². The molecule has 0 spiro atoms. The van der Waals surface area contributed by atoms with Crippen LogP contribution in [-0.2, 0) is 21.2 Å². The third kappa shape index (κ3) is 3.71. The fraction of sp³-hybridized carbons (Fsp3) is 0.700. The average molecular weight is 304 g/mol. The first-order valence-electron chi connectivity index (χ1n) is 6.02. The summed E-state index contributed by atoms with van der Waals surface area (Å²) in [6, 6.07) is 0. The molecule has 106 valence electrons. The predicted octanol–water partition coefficient (Wildman–Crippen LogP) is 0.132. The minimum absolute atomic E-state index is 0.118. The highest BCUT2D eigenvalue weighted by atomic mass is 32.2. The van der Waals surface area contributed by atoms with Crippen LogP contribution in [0.3, 0.4) is 0 Å². The second-order valence-electron chi connectivity index (χ2n) is 4.63. The molecule has 1 atom stereocenters. The molecular formula is C10H16N4O3S2. The molecule has 0 radical (unpaired) electrons. The normalized spacial score (nSPS) is 20.2. The van der Waals surface area contributed by atoms with Gasteiger partial charge < -0.3 is 0 Å². The number of hydrogen-bond donors (Lipinski definition) is 1. The van der Waals surface area contributed by atoms with E-state index in [0.717, 1.165) is 17.8 Å². The van der Waals surface area contributed by atoms with Gasteiger partial charge in [0.25, 0.3) is 0 Å². The summed E-state index contributed by atoms with van der Waals surface area (Å²) in [6.45, 7) is 2.39. The molecule has 2 heterocycles. The van der Waals surface area contributed by atoms with Gasteiger partial charge in [-0.2, -0.15) is 0 Å². The molecule has 9 heteroatoms. The molecule has 1 aromatic heterocycles. The van der Waals surface area contributed by atoms with Crippen molar-refractivity contribution in [3.63, 3.8) is 0 Å². The van der Waals surface area contributed by atoms with Gasteiger partial charge in [-0.25, -0.2) is 13.6 Å². The topological polar surface area (TPSA) is 106 Å². The summed E-state index contributed by atoms with van der Waals surface area (Å²) in [4.78, 5) is 13.4. The molecule has 1 unspecified atom stereocenters. The number of amides is 1. The Balaban J connectivity index is 2.06. The van der Waals surface area contributed by atoms with Gasteiger partial charge in [0.2, 0.25) is 21.1 Å². The highest BCUT2D eigenvalue weighted by Gasteiger charge is 2.34.